The molecule has 0 radical (unpaired) electrons. The van der Waals surface area contributed by atoms with Crippen LogP contribution < -0.4 is 5.32 Å². The van der Waals surface area contributed by atoms with Crippen LogP contribution in [0.1, 0.15) is 24.2 Å². The molecule has 2 nitrogen and oxygen atoms in total. The molecule has 5 heteroatoms. The summed E-state index contributed by atoms with van der Waals surface area (Å²) in [7, 11) is 0. The van der Waals surface area contributed by atoms with Crippen molar-refractivity contribution in [1.29, 1.82) is 0 Å². The molecule has 1 rings (SSSR count). The van der Waals surface area contributed by atoms with Gasteiger partial charge < -0.3 is 5.32 Å². The Morgan fingerprint density at radius 2 is 2.33 bits per heavy atom. The molecule has 0 fully saturated rings. The van der Waals surface area contributed by atoms with Gasteiger partial charge in [-0.25, -0.2) is 0 Å². The van der Waals surface area contributed by atoms with Gasteiger partial charge in [0.25, 0.3) is 5.91 Å². The van der Waals surface area contributed by atoms with Gasteiger partial charge in [0.2, 0.25) is 0 Å². The summed E-state index contributed by atoms with van der Waals surface area (Å²) in [5, 5.41) is 4.61. The van der Waals surface area contributed by atoms with Crippen molar-refractivity contribution in [1.82, 2.24) is 5.32 Å². The lowest BCUT2D eigenvalue weighted by atomic mass is 10.1. The molecule has 0 aromatic carbocycles. The Kier molecular flexibility index (Phi) is 5.09. The number of carbonyl (C=O) groups is 1. The average Bonchev–Trinajstić information content (AvgIpc) is 2.60. The highest BCUT2D eigenvalue weighted by Gasteiger charge is 2.12. The topological polar surface area (TPSA) is 29.1 Å². The van der Waals surface area contributed by atoms with Gasteiger partial charge in [-0.2, -0.15) is 0 Å². The lowest BCUT2D eigenvalue weighted by Crippen LogP contribution is -2.31. The lowest BCUT2D eigenvalue weighted by Gasteiger charge is -2.13. The fraction of sp³-hybridized carbons (Fsp3) is 0.500. The first kappa shape index (κ1) is 13.0. The Hall–Kier alpha value is -0.0600. The van der Waals surface area contributed by atoms with E-state index >= 15 is 0 Å². The molecule has 0 aliphatic heterocycles. The van der Waals surface area contributed by atoms with Crippen molar-refractivity contribution in [3.8, 4) is 0 Å². The predicted molar refractivity (Wildman–Crippen MR) is 68.8 cm³/mol. The molecule has 15 heavy (non-hydrogen) atoms. The van der Waals surface area contributed by atoms with Gasteiger partial charge in [0.05, 0.1) is 14.7 Å². The summed E-state index contributed by atoms with van der Waals surface area (Å²) in [5.41, 5.74) is 0.680. The molecule has 1 N–H and O–H groups in total. The minimum Gasteiger partial charge on any atom is -0.351 e. The minimum absolute atomic E-state index is 0.0176. The third-order valence-corrected chi connectivity index (χ3v) is 4.17. The zero-order valence-corrected chi connectivity index (χ0v) is 11.7. The van der Waals surface area contributed by atoms with Gasteiger partial charge in [-0.05, 0) is 27.9 Å². The van der Waals surface area contributed by atoms with Crippen LogP contribution in [0.4, 0.5) is 0 Å². The molecule has 1 heterocycles. The maximum Gasteiger partial charge on any atom is 0.252 e. The van der Waals surface area contributed by atoms with Crippen LogP contribution in [-0.2, 0) is 0 Å². The van der Waals surface area contributed by atoms with Crippen molar-refractivity contribution < 1.29 is 4.79 Å². The van der Waals surface area contributed by atoms with Gasteiger partial charge in [0.1, 0.15) is 0 Å². The minimum atomic E-state index is -0.0664. The van der Waals surface area contributed by atoms with Crippen molar-refractivity contribution >= 4 is 44.8 Å². The first-order chi connectivity index (χ1) is 7.00. The molecule has 84 valence electrons. The molecular weight excluding hydrogens is 298 g/mol. The van der Waals surface area contributed by atoms with Gasteiger partial charge in [-0.3, -0.25) is 4.79 Å². The molecule has 1 atom stereocenters. The monoisotopic (exact) mass is 309 g/mol. The number of nitrogens with one attached hydrogen (secondary N) is 1. The fourth-order valence-electron chi connectivity index (χ4n) is 0.957. The molecular formula is C10H13BrClNOS. The number of rotatable bonds is 4. The third-order valence-electron chi connectivity index (χ3n) is 2.01. The summed E-state index contributed by atoms with van der Waals surface area (Å²) < 4.78 is 0.957. The van der Waals surface area contributed by atoms with Crippen LogP contribution in [0.25, 0.3) is 0 Å². The standard InChI is InChI=1S/C10H13BrClNOS/c1-6(2)8(12)4-13-10(14)7-3-9(11)15-5-7/h3,5-6,8H,4H2,1-2H3,(H,13,14). The largest absolute Gasteiger partial charge is 0.351 e. The molecule has 0 bridgehead atoms. The molecule has 0 saturated heterocycles. The van der Waals surface area contributed by atoms with Crippen LogP contribution in [0, 0.1) is 5.92 Å². The van der Waals surface area contributed by atoms with Gasteiger partial charge in [-0.1, -0.05) is 13.8 Å². The zero-order valence-electron chi connectivity index (χ0n) is 8.59. The molecule has 0 saturated carbocycles. The quantitative estimate of drug-likeness (QED) is 0.847. The SMILES string of the molecule is CC(C)C(Cl)CNC(=O)c1csc(Br)c1. The number of alkyl halides is 1. The smallest absolute Gasteiger partial charge is 0.252 e. The lowest BCUT2D eigenvalue weighted by molar-refractivity contribution is 0.0953. The van der Waals surface area contributed by atoms with E-state index in [0.717, 1.165) is 3.79 Å². The van der Waals surface area contributed by atoms with E-state index in [9.17, 15) is 4.79 Å². The second-order valence-corrected chi connectivity index (χ2v) is 6.46. The molecule has 0 aliphatic carbocycles. The highest BCUT2D eigenvalue weighted by molar-refractivity contribution is 9.11. The van der Waals surface area contributed by atoms with Crippen LogP contribution in [-0.4, -0.2) is 17.8 Å². The van der Waals surface area contributed by atoms with Crippen molar-refractivity contribution in [2.45, 2.75) is 19.2 Å². The molecule has 1 amide bonds. The van der Waals surface area contributed by atoms with Crippen molar-refractivity contribution in [3.63, 3.8) is 0 Å². The second-order valence-electron chi connectivity index (χ2n) is 3.61. The van der Waals surface area contributed by atoms with Gasteiger partial charge in [0.15, 0.2) is 0 Å². The van der Waals surface area contributed by atoms with E-state index in [1.54, 1.807) is 6.07 Å². The van der Waals surface area contributed by atoms with Crippen LogP contribution in [0.5, 0.6) is 0 Å². The first-order valence-electron chi connectivity index (χ1n) is 4.67. The molecule has 0 spiro atoms. The summed E-state index contributed by atoms with van der Waals surface area (Å²) >= 11 is 10.8. The normalized spacial score (nSPS) is 12.9. The molecule has 1 unspecified atom stereocenters. The van der Waals surface area contributed by atoms with E-state index in [1.807, 2.05) is 19.2 Å². The summed E-state index contributed by atoms with van der Waals surface area (Å²) in [4.78, 5) is 11.6. The molecule has 1 aromatic rings. The van der Waals surface area contributed by atoms with Crippen LogP contribution >= 0.6 is 38.9 Å². The van der Waals surface area contributed by atoms with E-state index in [2.05, 4.69) is 21.2 Å². The van der Waals surface area contributed by atoms with Gasteiger partial charge in [0, 0.05) is 11.9 Å². The van der Waals surface area contributed by atoms with Crippen molar-refractivity contribution in [2.75, 3.05) is 6.54 Å². The third kappa shape index (κ3) is 4.13. The van der Waals surface area contributed by atoms with E-state index < -0.39 is 0 Å². The first-order valence-corrected chi connectivity index (χ1v) is 6.78. The fourth-order valence-corrected chi connectivity index (χ4v) is 2.17. The predicted octanol–water partition coefficient (Wildman–Crippen LogP) is 3.50. The van der Waals surface area contributed by atoms with E-state index in [1.165, 1.54) is 11.3 Å². The maximum atomic E-state index is 11.6. The van der Waals surface area contributed by atoms with Crippen LogP contribution in [0.3, 0.4) is 0 Å². The van der Waals surface area contributed by atoms with E-state index in [0.29, 0.717) is 18.0 Å². The summed E-state index contributed by atoms with van der Waals surface area (Å²) in [5.74, 6) is 0.296. The highest BCUT2D eigenvalue weighted by Crippen LogP contribution is 2.20. The van der Waals surface area contributed by atoms with E-state index in [4.69, 9.17) is 11.6 Å². The summed E-state index contributed by atoms with van der Waals surface area (Å²) in [6.45, 7) is 4.57. The highest BCUT2D eigenvalue weighted by atomic mass is 79.9. The molecule has 0 aliphatic rings. The average molecular weight is 311 g/mol. The van der Waals surface area contributed by atoms with Gasteiger partial charge >= 0.3 is 0 Å². The molecule has 1 aromatic heterocycles. The van der Waals surface area contributed by atoms with Gasteiger partial charge in [-0.15, -0.1) is 22.9 Å². The Bertz CT molecular complexity index is 340. The van der Waals surface area contributed by atoms with Crippen molar-refractivity contribution in [3.05, 3.63) is 20.8 Å². The maximum absolute atomic E-state index is 11.6. The number of carbonyl (C=O) groups excluding carboxylic acids is 1. The number of amides is 1. The Balaban J connectivity index is 2.43. The number of thiophene rings is 1. The zero-order chi connectivity index (χ0) is 11.4. The van der Waals surface area contributed by atoms with Crippen molar-refractivity contribution in [2.24, 2.45) is 5.92 Å². The number of halogens is 2. The Morgan fingerprint density at radius 3 is 2.80 bits per heavy atom. The van der Waals surface area contributed by atoms with E-state index in [-0.39, 0.29) is 11.3 Å². The van der Waals surface area contributed by atoms with Crippen LogP contribution in [0.15, 0.2) is 15.2 Å². The number of hydrogen-bond acceptors (Lipinski definition) is 2. The summed E-state index contributed by atoms with van der Waals surface area (Å²) in [6.07, 6.45) is 0. The Labute approximate surface area is 107 Å². The summed E-state index contributed by atoms with van der Waals surface area (Å²) in [6, 6.07) is 1.80. The Morgan fingerprint density at radius 1 is 1.67 bits per heavy atom. The number of hydrogen-bond donors (Lipinski definition) is 1. The van der Waals surface area contributed by atoms with Crippen LogP contribution in [0.2, 0.25) is 0 Å². The second kappa shape index (κ2) is 5.87.